The number of ketones is 2. The quantitative estimate of drug-likeness (QED) is 0.140. The Kier molecular flexibility index (Phi) is 17.7. The van der Waals surface area contributed by atoms with Crippen LogP contribution >= 0.6 is 11.8 Å². The summed E-state index contributed by atoms with van der Waals surface area (Å²) in [5.74, 6) is -5.96. The van der Waals surface area contributed by atoms with Crippen molar-refractivity contribution in [2.45, 2.75) is 69.8 Å². The first kappa shape index (κ1) is 38.9. The third kappa shape index (κ3) is 17.2. The minimum atomic E-state index is -5.19. The number of rotatable bonds is 16. The average molecular weight is 658 g/mol. The SMILES string of the molecule is O=C(CCCC(=O)c1ccccc1)N[C@@H](CCCSCC(=O)C(F)(F)F)C(=O)NCC[NH+]1CCCCC1.O=C([O-])C(F)(F)F. The van der Waals surface area contributed by atoms with Crippen LogP contribution in [-0.4, -0.2) is 85.4 Å². The summed E-state index contributed by atoms with van der Waals surface area (Å²) in [4.78, 5) is 58.7. The van der Waals surface area contributed by atoms with Gasteiger partial charge in [0.1, 0.15) is 12.0 Å². The molecule has 1 fully saturated rings. The largest absolute Gasteiger partial charge is 0.542 e. The van der Waals surface area contributed by atoms with E-state index >= 15 is 0 Å². The highest BCUT2D eigenvalue weighted by molar-refractivity contribution is 7.99. The van der Waals surface area contributed by atoms with Crippen LogP contribution in [0.3, 0.4) is 0 Å². The number of benzene rings is 1. The zero-order valence-corrected chi connectivity index (χ0v) is 24.8. The van der Waals surface area contributed by atoms with E-state index in [1.54, 1.807) is 24.3 Å². The van der Waals surface area contributed by atoms with Crippen LogP contribution in [0.4, 0.5) is 26.3 Å². The van der Waals surface area contributed by atoms with Crippen molar-refractivity contribution in [2.75, 3.05) is 37.7 Å². The first-order valence-electron chi connectivity index (χ1n) is 14.1. The van der Waals surface area contributed by atoms with E-state index in [-0.39, 0.29) is 42.6 Å². The zero-order chi connectivity index (χ0) is 33.2. The molecule has 16 heteroatoms. The predicted octanol–water partition coefficient (Wildman–Crippen LogP) is 1.65. The van der Waals surface area contributed by atoms with Crippen molar-refractivity contribution in [1.82, 2.24) is 10.6 Å². The molecule has 1 aromatic carbocycles. The molecule has 1 heterocycles. The molecule has 44 heavy (non-hydrogen) atoms. The number of carboxylic acids is 1. The van der Waals surface area contributed by atoms with Gasteiger partial charge in [-0.1, -0.05) is 30.3 Å². The monoisotopic (exact) mass is 657 g/mol. The van der Waals surface area contributed by atoms with Crippen molar-refractivity contribution in [3.05, 3.63) is 35.9 Å². The fraction of sp³-hybridized carbons (Fsp3) is 0.607. The number of nitrogens with one attached hydrogen (secondary N) is 3. The van der Waals surface area contributed by atoms with Gasteiger partial charge in [0.05, 0.1) is 31.9 Å². The van der Waals surface area contributed by atoms with Gasteiger partial charge in [0.15, 0.2) is 5.78 Å². The number of likely N-dealkylation sites (tertiary alicyclic amines) is 1. The maximum absolute atomic E-state index is 12.8. The Morgan fingerprint density at radius 1 is 0.886 bits per heavy atom. The van der Waals surface area contributed by atoms with E-state index < -0.39 is 35.9 Å². The van der Waals surface area contributed by atoms with Crippen LogP contribution in [0.2, 0.25) is 0 Å². The van der Waals surface area contributed by atoms with Crippen molar-refractivity contribution in [3.8, 4) is 0 Å². The van der Waals surface area contributed by atoms with E-state index in [1.165, 1.54) is 24.2 Å². The molecule has 3 N–H and O–H groups in total. The maximum Gasteiger partial charge on any atom is 0.450 e. The number of carbonyl (C=O) groups is 5. The molecule has 0 aromatic heterocycles. The van der Waals surface area contributed by atoms with Gasteiger partial charge in [0, 0.05) is 18.4 Å². The first-order chi connectivity index (χ1) is 20.6. The molecule has 0 radical (unpaired) electrons. The molecule has 2 rings (SSSR count). The van der Waals surface area contributed by atoms with Gasteiger partial charge in [-0.05, 0) is 44.3 Å². The number of amides is 2. The molecule has 248 valence electrons. The number of thioether (sulfide) groups is 1. The Labute approximate surface area is 255 Å². The molecule has 1 aromatic rings. The van der Waals surface area contributed by atoms with Crippen LogP contribution in [0, 0.1) is 0 Å². The summed E-state index contributed by atoms with van der Waals surface area (Å²) < 4.78 is 68.6. The Morgan fingerprint density at radius 2 is 1.50 bits per heavy atom. The molecule has 1 atom stereocenters. The van der Waals surface area contributed by atoms with E-state index in [2.05, 4.69) is 10.6 Å². The number of carboxylic acid groups (broad SMARTS) is 1. The van der Waals surface area contributed by atoms with Crippen LogP contribution in [0.15, 0.2) is 30.3 Å². The van der Waals surface area contributed by atoms with Crippen molar-refractivity contribution in [3.63, 3.8) is 0 Å². The Balaban J connectivity index is 0.00000123. The molecule has 0 spiro atoms. The van der Waals surface area contributed by atoms with Crippen molar-refractivity contribution in [1.29, 1.82) is 0 Å². The highest BCUT2D eigenvalue weighted by atomic mass is 32.2. The third-order valence-corrected chi connectivity index (χ3v) is 7.50. The molecule has 2 amide bonds. The van der Waals surface area contributed by atoms with Crippen molar-refractivity contribution in [2.24, 2.45) is 0 Å². The first-order valence-corrected chi connectivity index (χ1v) is 15.2. The normalized spacial score (nSPS) is 14.5. The molecule has 0 unspecified atom stereocenters. The number of hydrogen-bond acceptors (Lipinski definition) is 7. The van der Waals surface area contributed by atoms with Crippen LogP contribution in [-0.2, 0) is 19.2 Å². The molecule has 0 aliphatic carbocycles. The molecule has 9 nitrogen and oxygen atoms in total. The smallest absolute Gasteiger partial charge is 0.450 e. The molecule has 1 aliphatic heterocycles. The molecular formula is C28H37F6N3O6S. The van der Waals surface area contributed by atoms with Crippen LogP contribution in [0.1, 0.15) is 61.7 Å². The Morgan fingerprint density at radius 3 is 2.07 bits per heavy atom. The fourth-order valence-corrected chi connectivity index (χ4v) is 5.00. The number of Topliss-reactive ketones (excluding diaryl/α,β-unsaturated/α-hetero) is 2. The second-order valence-electron chi connectivity index (χ2n) is 10.0. The van der Waals surface area contributed by atoms with E-state index in [4.69, 9.17) is 9.90 Å². The lowest BCUT2D eigenvalue weighted by atomic mass is 10.1. The lowest BCUT2D eigenvalue weighted by Gasteiger charge is -2.24. The molecule has 0 bridgehead atoms. The lowest BCUT2D eigenvalue weighted by molar-refractivity contribution is -0.903. The number of alkyl halides is 6. The topological polar surface area (TPSA) is 137 Å². The van der Waals surface area contributed by atoms with Gasteiger partial charge in [0.2, 0.25) is 17.6 Å². The van der Waals surface area contributed by atoms with Gasteiger partial charge in [0.25, 0.3) is 0 Å². The number of carbonyl (C=O) groups excluding carboxylic acids is 5. The Bertz CT molecular complexity index is 1070. The maximum atomic E-state index is 12.8. The van der Waals surface area contributed by atoms with Gasteiger partial charge in [-0.15, -0.1) is 0 Å². The number of halogens is 6. The molecule has 1 saturated heterocycles. The van der Waals surface area contributed by atoms with Gasteiger partial charge >= 0.3 is 12.4 Å². The lowest BCUT2D eigenvalue weighted by Crippen LogP contribution is -3.13. The summed E-state index contributed by atoms with van der Waals surface area (Å²) in [5.41, 5.74) is 0.581. The summed E-state index contributed by atoms with van der Waals surface area (Å²) in [7, 11) is 0. The van der Waals surface area contributed by atoms with E-state index in [0.29, 0.717) is 24.9 Å². The number of aliphatic carboxylic acids is 1. The number of piperidine rings is 1. The van der Waals surface area contributed by atoms with Gasteiger partial charge in [-0.25, -0.2) is 0 Å². The highest BCUT2D eigenvalue weighted by Gasteiger charge is 2.37. The van der Waals surface area contributed by atoms with Gasteiger partial charge < -0.3 is 25.4 Å². The van der Waals surface area contributed by atoms with Gasteiger partial charge in [-0.2, -0.15) is 38.1 Å². The van der Waals surface area contributed by atoms with Crippen molar-refractivity contribution >= 4 is 41.1 Å². The molecular weight excluding hydrogens is 620 g/mol. The average Bonchev–Trinajstić information content (AvgIpc) is 2.96. The second kappa shape index (κ2) is 20.0. The number of quaternary nitrogens is 1. The van der Waals surface area contributed by atoms with E-state index in [0.717, 1.165) is 31.4 Å². The van der Waals surface area contributed by atoms with Crippen molar-refractivity contribution < 1.29 is 60.3 Å². The van der Waals surface area contributed by atoms with Gasteiger partial charge in [-0.3, -0.25) is 19.2 Å². The standard InChI is InChI=1S/C26H36F3N3O4S.C2HF3O2/c27-26(28,29)23(34)19-37-18-8-11-21(25(36)30-14-17-32-15-5-2-6-16-32)31-24(35)13-7-12-22(33)20-9-3-1-4-10-20;3-2(4,5)1(6)7/h1,3-4,9-10,21H,2,5-8,11-19H2,(H,30,36)(H,31,35);(H,6,7)/t21-;/m0./s1. The zero-order valence-electron chi connectivity index (χ0n) is 24.0. The third-order valence-electron chi connectivity index (χ3n) is 6.46. The Hall–Kier alpha value is -3.14. The summed E-state index contributed by atoms with van der Waals surface area (Å²) >= 11 is 0.858. The predicted molar refractivity (Wildman–Crippen MR) is 148 cm³/mol. The fourth-order valence-electron chi connectivity index (χ4n) is 4.14. The minimum absolute atomic E-state index is 0.0617. The summed E-state index contributed by atoms with van der Waals surface area (Å²) in [6.45, 7) is 3.42. The minimum Gasteiger partial charge on any atom is -0.542 e. The van der Waals surface area contributed by atoms with E-state index in [9.17, 15) is 45.5 Å². The molecule has 0 saturated carbocycles. The van der Waals surface area contributed by atoms with Crippen LogP contribution in [0.5, 0.6) is 0 Å². The van der Waals surface area contributed by atoms with Crippen LogP contribution < -0.4 is 20.6 Å². The van der Waals surface area contributed by atoms with Crippen LogP contribution in [0.25, 0.3) is 0 Å². The summed E-state index contributed by atoms with van der Waals surface area (Å²) in [6.07, 6.45) is -5.25. The molecule has 1 aliphatic rings. The highest BCUT2D eigenvalue weighted by Crippen LogP contribution is 2.19. The van der Waals surface area contributed by atoms with E-state index in [1.807, 2.05) is 6.07 Å². The summed E-state index contributed by atoms with van der Waals surface area (Å²) in [6, 6.07) is 7.97. The number of hydrogen-bond donors (Lipinski definition) is 3. The summed E-state index contributed by atoms with van der Waals surface area (Å²) in [5, 5.41) is 14.4. The second-order valence-corrected chi connectivity index (χ2v) is 11.1.